The van der Waals surface area contributed by atoms with Crippen molar-refractivity contribution in [3.05, 3.63) is 60.2 Å². The standard InChI is InChI=1S/C21H24N2O2/c1-15-20(16-11-13-23(15)14-12-16)22-21(24)17-7-9-19(10-8-17)25-18-5-3-2-4-6-18/h2-10,15-16,20H,11-14H2,1H3,(H,22,24)/t15?,20-/m0/s1. The summed E-state index contributed by atoms with van der Waals surface area (Å²) in [6.07, 6.45) is 2.39. The molecule has 130 valence electrons. The molecule has 4 heteroatoms. The zero-order valence-electron chi connectivity index (χ0n) is 14.5. The average Bonchev–Trinajstić information content (AvgIpc) is 2.66. The summed E-state index contributed by atoms with van der Waals surface area (Å²) >= 11 is 0. The Morgan fingerprint density at radius 2 is 1.64 bits per heavy atom. The van der Waals surface area contributed by atoms with E-state index in [1.165, 1.54) is 25.9 Å². The van der Waals surface area contributed by atoms with Crippen LogP contribution in [0.5, 0.6) is 11.5 Å². The summed E-state index contributed by atoms with van der Waals surface area (Å²) < 4.78 is 5.78. The third-order valence-electron chi connectivity index (χ3n) is 5.57. The molecule has 4 nitrogen and oxygen atoms in total. The fourth-order valence-electron chi connectivity index (χ4n) is 4.08. The number of benzene rings is 2. The first-order chi connectivity index (χ1) is 12.2. The van der Waals surface area contributed by atoms with Gasteiger partial charge in [-0.05, 0) is 75.2 Å². The molecule has 0 aliphatic carbocycles. The van der Waals surface area contributed by atoms with Crippen molar-refractivity contribution < 1.29 is 9.53 Å². The zero-order chi connectivity index (χ0) is 17.2. The molecule has 3 aliphatic rings. The number of para-hydroxylation sites is 1. The number of carbonyl (C=O) groups is 1. The third kappa shape index (κ3) is 3.40. The minimum absolute atomic E-state index is 0.0110. The fourth-order valence-corrected chi connectivity index (χ4v) is 4.08. The van der Waals surface area contributed by atoms with Crippen molar-refractivity contribution in [2.75, 3.05) is 13.1 Å². The highest BCUT2D eigenvalue weighted by Gasteiger charge is 2.40. The van der Waals surface area contributed by atoms with E-state index in [9.17, 15) is 4.79 Å². The van der Waals surface area contributed by atoms with Crippen LogP contribution in [0.3, 0.4) is 0 Å². The lowest BCUT2D eigenvalue weighted by Gasteiger charge is -2.49. The van der Waals surface area contributed by atoms with Crippen molar-refractivity contribution in [3.63, 3.8) is 0 Å². The second-order valence-corrected chi connectivity index (χ2v) is 7.05. The van der Waals surface area contributed by atoms with Crippen LogP contribution in [0, 0.1) is 5.92 Å². The van der Waals surface area contributed by atoms with Gasteiger partial charge in [0.15, 0.2) is 0 Å². The van der Waals surface area contributed by atoms with Crippen molar-refractivity contribution in [3.8, 4) is 11.5 Å². The van der Waals surface area contributed by atoms with Gasteiger partial charge in [-0.15, -0.1) is 0 Å². The first-order valence-corrected chi connectivity index (χ1v) is 9.08. The number of amides is 1. The van der Waals surface area contributed by atoms with E-state index in [-0.39, 0.29) is 11.9 Å². The van der Waals surface area contributed by atoms with Gasteiger partial charge in [-0.3, -0.25) is 9.69 Å². The van der Waals surface area contributed by atoms with Crippen LogP contribution < -0.4 is 10.1 Å². The minimum atomic E-state index is 0.0110. The van der Waals surface area contributed by atoms with Crippen LogP contribution in [0.15, 0.2) is 54.6 Å². The second-order valence-electron chi connectivity index (χ2n) is 7.05. The van der Waals surface area contributed by atoms with Gasteiger partial charge < -0.3 is 10.1 Å². The molecule has 2 aromatic carbocycles. The van der Waals surface area contributed by atoms with E-state index in [4.69, 9.17) is 4.74 Å². The predicted octanol–water partition coefficient (Wildman–Crippen LogP) is 3.69. The van der Waals surface area contributed by atoms with E-state index in [0.717, 1.165) is 11.5 Å². The Labute approximate surface area is 148 Å². The van der Waals surface area contributed by atoms with Crippen molar-refractivity contribution >= 4 is 5.91 Å². The molecule has 3 fully saturated rings. The second kappa shape index (κ2) is 6.89. The molecule has 2 aromatic rings. The highest BCUT2D eigenvalue weighted by molar-refractivity contribution is 5.94. The Hall–Kier alpha value is -2.33. The first kappa shape index (κ1) is 16.2. The van der Waals surface area contributed by atoms with Gasteiger partial charge in [0.25, 0.3) is 5.91 Å². The lowest BCUT2D eigenvalue weighted by Crippen LogP contribution is -2.62. The molecule has 3 aliphatic heterocycles. The zero-order valence-corrected chi connectivity index (χ0v) is 14.5. The maximum Gasteiger partial charge on any atom is 0.251 e. The van der Waals surface area contributed by atoms with Crippen LogP contribution >= 0.6 is 0 Å². The average molecular weight is 336 g/mol. The molecule has 3 saturated heterocycles. The summed E-state index contributed by atoms with van der Waals surface area (Å²) in [5, 5.41) is 3.26. The number of fused-ring (bicyclic) bond motifs is 3. The van der Waals surface area contributed by atoms with Gasteiger partial charge in [-0.25, -0.2) is 0 Å². The molecule has 1 unspecified atom stereocenters. The van der Waals surface area contributed by atoms with Crippen molar-refractivity contribution in [1.82, 2.24) is 10.2 Å². The van der Waals surface area contributed by atoms with E-state index in [1.54, 1.807) is 0 Å². The molecule has 25 heavy (non-hydrogen) atoms. The summed E-state index contributed by atoms with van der Waals surface area (Å²) in [5.74, 6) is 2.15. The summed E-state index contributed by atoms with van der Waals surface area (Å²) in [7, 11) is 0. The lowest BCUT2D eigenvalue weighted by molar-refractivity contribution is 0.0217. The quantitative estimate of drug-likeness (QED) is 0.926. The van der Waals surface area contributed by atoms with E-state index >= 15 is 0 Å². The van der Waals surface area contributed by atoms with Crippen LogP contribution in [-0.4, -0.2) is 36.0 Å². The molecule has 1 N–H and O–H groups in total. The lowest BCUT2D eigenvalue weighted by atomic mass is 9.79. The number of hydrogen-bond donors (Lipinski definition) is 1. The molecule has 0 radical (unpaired) electrons. The van der Waals surface area contributed by atoms with Crippen LogP contribution in [0.4, 0.5) is 0 Å². The Balaban J connectivity index is 1.41. The van der Waals surface area contributed by atoms with Crippen LogP contribution in [-0.2, 0) is 0 Å². The van der Waals surface area contributed by atoms with Crippen LogP contribution in [0.25, 0.3) is 0 Å². The highest BCUT2D eigenvalue weighted by Crippen LogP contribution is 2.32. The number of hydrogen-bond acceptors (Lipinski definition) is 3. The Morgan fingerprint density at radius 3 is 2.28 bits per heavy atom. The highest BCUT2D eigenvalue weighted by atomic mass is 16.5. The van der Waals surface area contributed by atoms with Crippen molar-refractivity contribution in [2.45, 2.75) is 31.8 Å². The Morgan fingerprint density at radius 1 is 1.00 bits per heavy atom. The number of piperidine rings is 3. The predicted molar refractivity (Wildman–Crippen MR) is 98.0 cm³/mol. The number of nitrogens with one attached hydrogen (secondary N) is 1. The monoisotopic (exact) mass is 336 g/mol. The topological polar surface area (TPSA) is 41.6 Å². The van der Waals surface area contributed by atoms with E-state index in [1.807, 2.05) is 54.6 Å². The first-order valence-electron chi connectivity index (χ1n) is 9.08. The van der Waals surface area contributed by atoms with E-state index in [2.05, 4.69) is 17.1 Å². The third-order valence-corrected chi connectivity index (χ3v) is 5.57. The summed E-state index contributed by atoms with van der Waals surface area (Å²) in [6, 6.07) is 17.7. The van der Waals surface area contributed by atoms with E-state index < -0.39 is 0 Å². The van der Waals surface area contributed by atoms with Gasteiger partial charge in [0.1, 0.15) is 11.5 Å². The fraction of sp³-hybridized carbons (Fsp3) is 0.381. The van der Waals surface area contributed by atoms with Gasteiger partial charge in [0.05, 0.1) is 0 Å². The van der Waals surface area contributed by atoms with Crippen molar-refractivity contribution in [2.24, 2.45) is 5.92 Å². The summed E-state index contributed by atoms with van der Waals surface area (Å²) in [4.78, 5) is 15.1. The molecular formula is C21H24N2O2. The van der Waals surface area contributed by atoms with E-state index in [0.29, 0.717) is 17.5 Å². The van der Waals surface area contributed by atoms with Gasteiger partial charge >= 0.3 is 0 Å². The minimum Gasteiger partial charge on any atom is -0.457 e. The normalized spacial score (nSPS) is 27.7. The van der Waals surface area contributed by atoms with Gasteiger partial charge in [-0.2, -0.15) is 0 Å². The SMILES string of the molecule is CC1[C@H](NC(=O)c2ccc(Oc3ccccc3)cc2)C2CCN1CC2. The molecule has 0 saturated carbocycles. The smallest absolute Gasteiger partial charge is 0.251 e. The largest absolute Gasteiger partial charge is 0.457 e. The Bertz CT molecular complexity index is 719. The van der Waals surface area contributed by atoms with Gasteiger partial charge in [-0.1, -0.05) is 18.2 Å². The van der Waals surface area contributed by atoms with Crippen molar-refractivity contribution in [1.29, 1.82) is 0 Å². The Kier molecular flexibility index (Phi) is 4.45. The summed E-state index contributed by atoms with van der Waals surface area (Å²) in [6.45, 7) is 4.57. The number of rotatable bonds is 4. The molecule has 3 heterocycles. The number of carbonyl (C=O) groups excluding carboxylic acids is 1. The maximum absolute atomic E-state index is 12.6. The molecule has 5 rings (SSSR count). The van der Waals surface area contributed by atoms with Crippen LogP contribution in [0.2, 0.25) is 0 Å². The molecule has 2 atom stereocenters. The maximum atomic E-state index is 12.6. The summed E-state index contributed by atoms with van der Waals surface area (Å²) in [5.41, 5.74) is 0.684. The molecular weight excluding hydrogens is 312 g/mol. The molecule has 0 aromatic heterocycles. The molecule has 1 amide bonds. The molecule has 0 spiro atoms. The number of ether oxygens (including phenoxy) is 1. The molecule has 2 bridgehead atoms. The van der Waals surface area contributed by atoms with Gasteiger partial charge in [0, 0.05) is 17.6 Å². The van der Waals surface area contributed by atoms with Crippen LogP contribution in [0.1, 0.15) is 30.1 Å². The number of nitrogens with zero attached hydrogens (tertiary/aromatic N) is 1. The van der Waals surface area contributed by atoms with Gasteiger partial charge in [0.2, 0.25) is 0 Å².